The van der Waals surface area contributed by atoms with Crippen LogP contribution < -0.4 is 5.32 Å². The smallest absolute Gasteiger partial charge is 0.126 e. The highest BCUT2D eigenvalue weighted by Crippen LogP contribution is 2.21. The van der Waals surface area contributed by atoms with E-state index in [9.17, 15) is 4.39 Å². The van der Waals surface area contributed by atoms with Crippen molar-refractivity contribution in [2.45, 2.75) is 18.9 Å². The maximum absolute atomic E-state index is 13.8. The van der Waals surface area contributed by atoms with Gasteiger partial charge in [0.1, 0.15) is 5.82 Å². The van der Waals surface area contributed by atoms with Gasteiger partial charge in [-0.25, -0.2) is 4.39 Å². The molecule has 1 nitrogen and oxygen atoms in total. The van der Waals surface area contributed by atoms with Crippen LogP contribution >= 0.6 is 27.5 Å². The lowest BCUT2D eigenvalue weighted by Crippen LogP contribution is -2.30. The second kappa shape index (κ2) is 7.21. The Morgan fingerprint density at radius 2 is 1.85 bits per heavy atom. The summed E-state index contributed by atoms with van der Waals surface area (Å²) in [5.41, 5.74) is 1.85. The average molecular weight is 357 g/mol. The Labute approximate surface area is 132 Å². The Balaban J connectivity index is 2.13. The molecule has 2 aromatic carbocycles. The van der Waals surface area contributed by atoms with Gasteiger partial charge in [-0.05, 0) is 55.3 Å². The maximum atomic E-state index is 13.8. The van der Waals surface area contributed by atoms with Gasteiger partial charge >= 0.3 is 0 Å². The molecule has 2 aromatic rings. The summed E-state index contributed by atoms with van der Waals surface area (Å²) >= 11 is 9.48. The summed E-state index contributed by atoms with van der Waals surface area (Å²) in [5.74, 6) is -0.207. The summed E-state index contributed by atoms with van der Waals surface area (Å²) in [5, 5.41) is 3.81. The van der Waals surface area contributed by atoms with Crippen LogP contribution in [0.25, 0.3) is 0 Å². The van der Waals surface area contributed by atoms with Crippen LogP contribution in [0.4, 0.5) is 4.39 Å². The normalized spacial score (nSPS) is 12.4. The topological polar surface area (TPSA) is 12.0 Å². The number of hydrogen-bond donors (Lipinski definition) is 1. The van der Waals surface area contributed by atoms with Gasteiger partial charge in [0, 0.05) is 15.5 Å². The van der Waals surface area contributed by atoms with Crippen LogP contribution in [0.15, 0.2) is 46.9 Å². The molecule has 0 aliphatic heterocycles. The lowest BCUT2D eigenvalue weighted by Gasteiger charge is -2.17. The molecule has 0 aliphatic carbocycles. The number of rotatable bonds is 5. The molecule has 0 amide bonds. The quantitative estimate of drug-likeness (QED) is 0.824. The number of nitrogens with one attached hydrogen (secondary N) is 1. The van der Waals surface area contributed by atoms with Crippen LogP contribution in [0.3, 0.4) is 0 Å². The SMILES string of the molecule is CNC(Cc1cc(Cl)ccc1F)Cc1ccccc1Br. The standard InChI is InChI=1S/C16H16BrClFN/c1-20-14(9-11-4-2-3-5-15(11)17)10-12-8-13(18)6-7-16(12)19/h2-8,14,20H,9-10H2,1H3. The highest BCUT2D eigenvalue weighted by molar-refractivity contribution is 9.10. The van der Waals surface area contributed by atoms with E-state index in [0.29, 0.717) is 17.0 Å². The van der Waals surface area contributed by atoms with Crippen molar-refractivity contribution in [3.8, 4) is 0 Å². The number of halogens is 3. The summed E-state index contributed by atoms with van der Waals surface area (Å²) < 4.78 is 14.9. The van der Waals surface area contributed by atoms with Gasteiger partial charge in [0.15, 0.2) is 0 Å². The first-order valence-electron chi connectivity index (χ1n) is 6.44. The molecule has 0 heterocycles. The largest absolute Gasteiger partial charge is 0.316 e. The van der Waals surface area contributed by atoms with E-state index in [1.54, 1.807) is 12.1 Å². The first-order chi connectivity index (χ1) is 9.60. The summed E-state index contributed by atoms with van der Waals surface area (Å²) in [7, 11) is 1.89. The summed E-state index contributed by atoms with van der Waals surface area (Å²) in [6, 6.07) is 12.9. The zero-order valence-electron chi connectivity index (χ0n) is 11.2. The zero-order chi connectivity index (χ0) is 14.5. The molecule has 1 atom stereocenters. The molecule has 2 rings (SSSR count). The minimum absolute atomic E-state index is 0.154. The van der Waals surface area contributed by atoms with E-state index in [0.717, 1.165) is 10.9 Å². The molecule has 0 bridgehead atoms. The van der Waals surface area contributed by atoms with Gasteiger partial charge in [-0.3, -0.25) is 0 Å². The van der Waals surface area contributed by atoms with Crippen molar-refractivity contribution >= 4 is 27.5 Å². The van der Waals surface area contributed by atoms with Crippen LogP contribution in [-0.4, -0.2) is 13.1 Å². The Morgan fingerprint density at radius 1 is 1.15 bits per heavy atom. The summed E-state index contributed by atoms with van der Waals surface area (Å²) in [6.45, 7) is 0. The van der Waals surface area contributed by atoms with Crippen LogP contribution in [0.1, 0.15) is 11.1 Å². The van der Waals surface area contributed by atoms with Gasteiger partial charge in [0.2, 0.25) is 0 Å². The number of hydrogen-bond acceptors (Lipinski definition) is 1. The predicted molar refractivity (Wildman–Crippen MR) is 85.8 cm³/mol. The molecule has 0 spiro atoms. The van der Waals surface area contributed by atoms with Gasteiger partial charge < -0.3 is 5.32 Å². The molecular formula is C16H16BrClFN. The molecule has 1 unspecified atom stereocenters. The van der Waals surface area contributed by atoms with Gasteiger partial charge in [0.05, 0.1) is 0 Å². The van der Waals surface area contributed by atoms with Gasteiger partial charge in [0.25, 0.3) is 0 Å². The van der Waals surface area contributed by atoms with Crippen LogP contribution in [0, 0.1) is 5.82 Å². The third kappa shape index (κ3) is 4.05. The Hall–Kier alpha value is -0.900. The highest BCUT2D eigenvalue weighted by Gasteiger charge is 2.13. The van der Waals surface area contributed by atoms with E-state index < -0.39 is 0 Å². The third-order valence-electron chi connectivity index (χ3n) is 3.31. The molecule has 106 valence electrons. The van der Waals surface area contributed by atoms with Crippen LogP contribution in [0.2, 0.25) is 5.02 Å². The molecule has 1 N–H and O–H groups in total. The zero-order valence-corrected chi connectivity index (χ0v) is 13.5. The summed E-state index contributed by atoms with van der Waals surface area (Å²) in [4.78, 5) is 0. The highest BCUT2D eigenvalue weighted by atomic mass is 79.9. The Kier molecular flexibility index (Phi) is 5.58. The fourth-order valence-corrected chi connectivity index (χ4v) is 2.81. The van der Waals surface area contributed by atoms with Crippen molar-refractivity contribution in [1.82, 2.24) is 5.32 Å². The molecule has 0 saturated heterocycles. The third-order valence-corrected chi connectivity index (χ3v) is 4.32. The predicted octanol–water partition coefficient (Wildman–Crippen LogP) is 4.61. The van der Waals surface area contributed by atoms with Gasteiger partial charge in [-0.1, -0.05) is 45.7 Å². The number of likely N-dealkylation sites (N-methyl/N-ethyl adjacent to an activating group) is 1. The lowest BCUT2D eigenvalue weighted by atomic mass is 9.99. The van der Waals surface area contributed by atoms with E-state index in [1.807, 2.05) is 25.2 Å². The molecule has 4 heteroatoms. The minimum Gasteiger partial charge on any atom is -0.316 e. The van der Waals surface area contributed by atoms with E-state index in [4.69, 9.17) is 11.6 Å². The van der Waals surface area contributed by atoms with E-state index in [2.05, 4.69) is 27.3 Å². The minimum atomic E-state index is -0.207. The van der Waals surface area contributed by atoms with Crippen molar-refractivity contribution in [2.75, 3.05) is 7.05 Å². The van der Waals surface area contributed by atoms with Crippen molar-refractivity contribution in [2.24, 2.45) is 0 Å². The molecule has 0 aromatic heterocycles. The van der Waals surface area contributed by atoms with Crippen LogP contribution in [0.5, 0.6) is 0 Å². The molecule has 0 saturated carbocycles. The van der Waals surface area contributed by atoms with E-state index in [-0.39, 0.29) is 11.9 Å². The Morgan fingerprint density at radius 3 is 2.55 bits per heavy atom. The molecule has 20 heavy (non-hydrogen) atoms. The van der Waals surface area contributed by atoms with Gasteiger partial charge in [-0.15, -0.1) is 0 Å². The van der Waals surface area contributed by atoms with E-state index >= 15 is 0 Å². The monoisotopic (exact) mass is 355 g/mol. The average Bonchev–Trinajstić information content (AvgIpc) is 2.44. The summed E-state index contributed by atoms with van der Waals surface area (Å²) in [6.07, 6.45) is 1.42. The Bertz CT molecular complexity index is 588. The first-order valence-corrected chi connectivity index (χ1v) is 7.62. The molecule has 0 radical (unpaired) electrons. The van der Waals surface area contributed by atoms with Crippen molar-refractivity contribution in [3.63, 3.8) is 0 Å². The van der Waals surface area contributed by atoms with Crippen molar-refractivity contribution < 1.29 is 4.39 Å². The lowest BCUT2D eigenvalue weighted by molar-refractivity contribution is 0.531. The second-order valence-electron chi connectivity index (χ2n) is 4.72. The molecule has 0 aliphatic rings. The first kappa shape index (κ1) is 15.5. The fraction of sp³-hybridized carbons (Fsp3) is 0.250. The van der Waals surface area contributed by atoms with Gasteiger partial charge in [-0.2, -0.15) is 0 Å². The van der Waals surface area contributed by atoms with E-state index in [1.165, 1.54) is 11.6 Å². The molecule has 0 fully saturated rings. The van der Waals surface area contributed by atoms with Crippen LogP contribution in [-0.2, 0) is 12.8 Å². The number of benzene rings is 2. The maximum Gasteiger partial charge on any atom is 0.126 e. The fourth-order valence-electron chi connectivity index (χ4n) is 2.17. The molecular weight excluding hydrogens is 341 g/mol. The van der Waals surface area contributed by atoms with Crippen molar-refractivity contribution in [1.29, 1.82) is 0 Å². The van der Waals surface area contributed by atoms with Crippen molar-refractivity contribution in [3.05, 3.63) is 68.9 Å². The second-order valence-corrected chi connectivity index (χ2v) is 6.01.